The van der Waals surface area contributed by atoms with Crippen LogP contribution < -0.4 is 0 Å². The van der Waals surface area contributed by atoms with Gasteiger partial charge in [0, 0.05) is 0 Å². The summed E-state index contributed by atoms with van der Waals surface area (Å²) in [5, 5.41) is 10.4. The minimum absolute atomic E-state index is 0.499. The molecule has 0 unspecified atom stereocenters. The monoisotopic (exact) mass is 323 g/mol. The molecular formula is C12H3ClF5NO2. The molecule has 0 aromatic heterocycles. The highest BCUT2D eigenvalue weighted by molar-refractivity contribution is 6.33. The second-order valence-electron chi connectivity index (χ2n) is 3.84. The van der Waals surface area contributed by atoms with E-state index in [0.29, 0.717) is 0 Å². The molecule has 0 spiro atoms. The first-order valence-electron chi connectivity index (χ1n) is 5.22. The van der Waals surface area contributed by atoms with Gasteiger partial charge in [-0.05, 0) is 12.1 Å². The van der Waals surface area contributed by atoms with E-state index in [0.717, 1.165) is 18.2 Å². The lowest BCUT2D eigenvalue weighted by atomic mass is 10.0. The molecule has 0 fully saturated rings. The Kier molecular flexibility index (Phi) is 3.82. The lowest BCUT2D eigenvalue weighted by Gasteiger charge is -2.09. The van der Waals surface area contributed by atoms with Gasteiger partial charge in [-0.2, -0.15) is 0 Å². The van der Waals surface area contributed by atoms with Gasteiger partial charge in [-0.3, -0.25) is 10.1 Å². The smallest absolute Gasteiger partial charge is 0.258 e. The minimum Gasteiger partial charge on any atom is -0.258 e. The fourth-order valence-corrected chi connectivity index (χ4v) is 1.99. The van der Waals surface area contributed by atoms with E-state index in [4.69, 9.17) is 11.6 Å². The van der Waals surface area contributed by atoms with Gasteiger partial charge in [0.15, 0.2) is 23.3 Å². The fraction of sp³-hybridized carbons (Fsp3) is 0. The van der Waals surface area contributed by atoms with Crippen molar-refractivity contribution in [2.45, 2.75) is 0 Å². The molecule has 0 aliphatic carbocycles. The minimum atomic E-state index is -2.35. The van der Waals surface area contributed by atoms with Crippen molar-refractivity contribution in [1.29, 1.82) is 0 Å². The number of halogens is 6. The summed E-state index contributed by atoms with van der Waals surface area (Å²) in [5.74, 6) is -11.1. The number of nitro benzene ring substituents is 1. The average Bonchev–Trinajstić information content (AvgIpc) is 2.43. The van der Waals surface area contributed by atoms with Crippen molar-refractivity contribution in [3.63, 3.8) is 0 Å². The zero-order valence-corrected chi connectivity index (χ0v) is 10.5. The van der Waals surface area contributed by atoms with E-state index in [9.17, 15) is 32.1 Å². The topological polar surface area (TPSA) is 43.1 Å². The van der Waals surface area contributed by atoms with Gasteiger partial charge < -0.3 is 0 Å². The Bertz CT molecular complexity index is 737. The van der Waals surface area contributed by atoms with Gasteiger partial charge in [-0.25, -0.2) is 22.0 Å². The number of hydrogen-bond acceptors (Lipinski definition) is 2. The van der Waals surface area contributed by atoms with Crippen molar-refractivity contribution in [1.82, 2.24) is 0 Å². The number of rotatable bonds is 2. The van der Waals surface area contributed by atoms with Crippen LogP contribution in [-0.2, 0) is 0 Å². The summed E-state index contributed by atoms with van der Waals surface area (Å²) in [7, 11) is 0. The highest BCUT2D eigenvalue weighted by Crippen LogP contribution is 2.39. The van der Waals surface area contributed by atoms with Crippen LogP contribution in [0, 0.1) is 39.2 Å². The molecule has 9 heteroatoms. The SMILES string of the molecule is O=[N+]([O-])c1c(Cl)cccc1-c1c(F)c(F)c(F)c(F)c1F. The first kappa shape index (κ1) is 15.2. The molecule has 0 aliphatic heterocycles. The Morgan fingerprint density at radius 1 is 0.905 bits per heavy atom. The summed E-state index contributed by atoms with van der Waals surface area (Å²) in [4.78, 5) is 9.82. The van der Waals surface area contributed by atoms with Gasteiger partial charge in [0.1, 0.15) is 5.02 Å². The summed E-state index contributed by atoms with van der Waals surface area (Å²) in [6.45, 7) is 0. The van der Waals surface area contributed by atoms with Crippen LogP contribution in [0.5, 0.6) is 0 Å². The predicted octanol–water partition coefficient (Wildman–Crippen LogP) is 4.61. The molecule has 21 heavy (non-hydrogen) atoms. The molecule has 0 amide bonds. The van der Waals surface area contributed by atoms with Crippen LogP contribution in [0.25, 0.3) is 11.1 Å². The zero-order chi connectivity index (χ0) is 15.9. The zero-order valence-electron chi connectivity index (χ0n) is 9.76. The molecule has 0 bridgehead atoms. The molecule has 0 heterocycles. The van der Waals surface area contributed by atoms with Crippen molar-refractivity contribution >= 4 is 17.3 Å². The Balaban J connectivity index is 2.93. The molecule has 2 rings (SSSR count). The molecule has 0 radical (unpaired) electrons. The molecule has 0 saturated heterocycles. The van der Waals surface area contributed by atoms with Crippen LogP contribution in [0.15, 0.2) is 18.2 Å². The summed E-state index contributed by atoms with van der Waals surface area (Å²) in [5.41, 5.74) is -3.16. The van der Waals surface area contributed by atoms with E-state index in [-0.39, 0.29) is 0 Å². The standard InChI is InChI=1S/C12H3ClF5NO2/c13-5-3-1-2-4(12(5)19(20)21)6-7(14)9(16)11(18)10(17)8(6)15/h1-3H. The number of para-hydroxylation sites is 1. The van der Waals surface area contributed by atoms with Gasteiger partial charge >= 0.3 is 0 Å². The molecule has 0 saturated carbocycles. The van der Waals surface area contributed by atoms with Gasteiger partial charge in [-0.15, -0.1) is 0 Å². The van der Waals surface area contributed by atoms with Crippen molar-refractivity contribution in [3.05, 3.63) is 62.4 Å². The van der Waals surface area contributed by atoms with Crippen molar-refractivity contribution in [2.75, 3.05) is 0 Å². The van der Waals surface area contributed by atoms with Gasteiger partial charge in [0.05, 0.1) is 16.1 Å². The molecule has 110 valence electrons. The predicted molar refractivity (Wildman–Crippen MR) is 63.3 cm³/mol. The van der Waals surface area contributed by atoms with Crippen molar-refractivity contribution in [2.24, 2.45) is 0 Å². The lowest BCUT2D eigenvalue weighted by Crippen LogP contribution is -2.05. The third kappa shape index (κ3) is 2.31. The third-order valence-electron chi connectivity index (χ3n) is 2.65. The molecule has 0 N–H and O–H groups in total. The quantitative estimate of drug-likeness (QED) is 0.266. The maximum Gasteiger partial charge on any atom is 0.295 e. The summed E-state index contributed by atoms with van der Waals surface area (Å²) >= 11 is 5.54. The Morgan fingerprint density at radius 2 is 1.38 bits per heavy atom. The van der Waals surface area contributed by atoms with Crippen LogP contribution in [0.3, 0.4) is 0 Å². The van der Waals surface area contributed by atoms with Crippen LogP contribution in [0.2, 0.25) is 5.02 Å². The van der Waals surface area contributed by atoms with Gasteiger partial charge in [0.25, 0.3) is 5.69 Å². The average molecular weight is 324 g/mol. The Labute approximate surface area is 118 Å². The molecule has 2 aromatic carbocycles. The van der Waals surface area contributed by atoms with E-state index in [2.05, 4.69) is 0 Å². The summed E-state index contributed by atoms with van der Waals surface area (Å²) in [6, 6.07) is 2.97. The normalized spacial score (nSPS) is 10.8. The van der Waals surface area contributed by atoms with Crippen LogP contribution >= 0.6 is 11.6 Å². The van der Waals surface area contributed by atoms with E-state index < -0.39 is 55.8 Å². The summed E-state index contributed by atoms with van der Waals surface area (Å²) < 4.78 is 66.6. The van der Waals surface area contributed by atoms with E-state index in [1.807, 2.05) is 0 Å². The number of benzene rings is 2. The summed E-state index contributed by atoms with van der Waals surface area (Å²) in [6.07, 6.45) is 0. The van der Waals surface area contributed by atoms with Crippen molar-refractivity contribution in [3.8, 4) is 11.1 Å². The van der Waals surface area contributed by atoms with Crippen molar-refractivity contribution < 1.29 is 26.9 Å². The fourth-order valence-electron chi connectivity index (χ4n) is 1.74. The molecule has 2 aromatic rings. The molecule has 3 nitrogen and oxygen atoms in total. The molecule has 0 atom stereocenters. The van der Waals surface area contributed by atoms with E-state index >= 15 is 0 Å². The third-order valence-corrected chi connectivity index (χ3v) is 2.95. The highest BCUT2D eigenvalue weighted by atomic mass is 35.5. The number of nitro groups is 1. The second kappa shape index (κ2) is 5.28. The Hall–Kier alpha value is -2.22. The van der Waals surface area contributed by atoms with Gasteiger partial charge in [-0.1, -0.05) is 17.7 Å². The maximum atomic E-state index is 13.7. The van der Waals surface area contributed by atoms with Crippen LogP contribution in [0.4, 0.5) is 27.6 Å². The number of nitrogens with zero attached hydrogens (tertiary/aromatic N) is 1. The molecule has 0 aliphatic rings. The lowest BCUT2D eigenvalue weighted by molar-refractivity contribution is -0.384. The maximum absolute atomic E-state index is 13.7. The van der Waals surface area contributed by atoms with Crippen LogP contribution in [0.1, 0.15) is 0 Å². The molecular weight excluding hydrogens is 321 g/mol. The largest absolute Gasteiger partial charge is 0.295 e. The Morgan fingerprint density at radius 3 is 1.86 bits per heavy atom. The van der Waals surface area contributed by atoms with Gasteiger partial charge in [0.2, 0.25) is 5.82 Å². The number of hydrogen-bond donors (Lipinski definition) is 0. The van der Waals surface area contributed by atoms with E-state index in [1.165, 1.54) is 0 Å². The van der Waals surface area contributed by atoms with Crippen LogP contribution in [-0.4, -0.2) is 4.92 Å². The first-order valence-corrected chi connectivity index (χ1v) is 5.59. The second-order valence-corrected chi connectivity index (χ2v) is 4.25. The van der Waals surface area contributed by atoms with E-state index in [1.54, 1.807) is 0 Å². The highest BCUT2D eigenvalue weighted by Gasteiger charge is 2.31. The first-order chi connectivity index (χ1) is 9.77.